The molecule has 0 aliphatic carbocycles. The third kappa shape index (κ3) is 4.80. The van der Waals surface area contributed by atoms with E-state index in [0.29, 0.717) is 5.92 Å². The van der Waals surface area contributed by atoms with Crippen LogP contribution in [0.25, 0.3) is 0 Å². The largest absolute Gasteiger partial charge is 0.496 e. The molecule has 3 heteroatoms. The molecule has 0 saturated carbocycles. The van der Waals surface area contributed by atoms with Crippen LogP contribution in [0.15, 0.2) is 18.2 Å². The first-order chi connectivity index (χ1) is 8.88. The molecule has 2 nitrogen and oxygen atoms in total. The molecule has 0 radical (unpaired) electrons. The summed E-state index contributed by atoms with van der Waals surface area (Å²) in [6.07, 6.45) is 1.00. The van der Waals surface area contributed by atoms with E-state index in [-0.39, 0.29) is 5.41 Å². The number of hydrogen-bond donors (Lipinski definition) is 0. The van der Waals surface area contributed by atoms with Gasteiger partial charge < -0.3 is 4.74 Å². The number of benzene rings is 1. The molecular formula is C16H23NOS. The highest BCUT2D eigenvalue weighted by atomic mass is 32.2. The van der Waals surface area contributed by atoms with Gasteiger partial charge in [-0.15, -0.1) is 0 Å². The van der Waals surface area contributed by atoms with E-state index in [1.165, 1.54) is 22.9 Å². The molecule has 0 aromatic heterocycles. The molecule has 19 heavy (non-hydrogen) atoms. The van der Waals surface area contributed by atoms with Gasteiger partial charge in [0.05, 0.1) is 7.11 Å². The minimum absolute atomic E-state index is 0.0754. The Hall–Kier alpha value is -1.14. The minimum atomic E-state index is 0.0754. The first-order valence-corrected chi connectivity index (χ1v) is 7.55. The van der Waals surface area contributed by atoms with E-state index < -0.39 is 0 Å². The molecule has 0 saturated heterocycles. The van der Waals surface area contributed by atoms with Gasteiger partial charge in [-0.3, -0.25) is 0 Å². The molecule has 0 aliphatic rings. The van der Waals surface area contributed by atoms with E-state index in [0.717, 1.165) is 17.9 Å². The highest BCUT2D eigenvalue weighted by Gasteiger charge is 2.19. The van der Waals surface area contributed by atoms with Crippen molar-refractivity contribution in [2.75, 3.05) is 12.9 Å². The number of nitriles is 1. The van der Waals surface area contributed by atoms with Gasteiger partial charge >= 0.3 is 0 Å². The van der Waals surface area contributed by atoms with Crippen molar-refractivity contribution in [1.82, 2.24) is 0 Å². The predicted octanol–water partition coefficient (Wildman–Crippen LogP) is 4.39. The van der Waals surface area contributed by atoms with Gasteiger partial charge in [0.2, 0.25) is 0 Å². The van der Waals surface area contributed by atoms with Crippen molar-refractivity contribution in [2.45, 2.75) is 39.5 Å². The van der Waals surface area contributed by atoms with Crippen molar-refractivity contribution in [2.24, 2.45) is 5.92 Å². The zero-order chi connectivity index (χ0) is 14.5. The number of nitrogens with zero attached hydrogens (tertiary/aromatic N) is 1. The molecule has 0 aliphatic heterocycles. The van der Waals surface area contributed by atoms with Gasteiger partial charge in [0, 0.05) is 5.75 Å². The van der Waals surface area contributed by atoms with E-state index in [1.54, 1.807) is 7.11 Å². The van der Waals surface area contributed by atoms with Gasteiger partial charge in [0.15, 0.2) is 0 Å². The maximum absolute atomic E-state index is 8.60. The lowest BCUT2D eigenvalue weighted by Crippen LogP contribution is -2.14. The van der Waals surface area contributed by atoms with Gasteiger partial charge in [-0.25, -0.2) is 0 Å². The summed E-state index contributed by atoms with van der Waals surface area (Å²) in [7, 11) is 1.72. The van der Waals surface area contributed by atoms with Crippen LogP contribution in [0.1, 0.15) is 38.8 Å². The van der Waals surface area contributed by atoms with Crippen LogP contribution < -0.4 is 4.74 Å². The van der Waals surface area contributed by atoms with Crippen LogP contribution in [0, 0.1) is 16.6 Å². The molecule has 0 N–H and O–H groups in total. The van der Waals surface area contributed by atoms with Gasteiger partial charge in [-0.1, -0.05) is 39.8 Å². The Kier molecular flexibility index (Phi) is 5.75. The van der Waals surface area contributed by atoms with Crippen LogP contribution >= 0.6 is 11.8 Å². The standard InChI is InChI=1S/C16H23NOS/c1-12(10-19-11-17)8-13-6-7-15(18-5)14(9-13)16(2,3)4/h6-7,9,12H,8,10H2,1-5H3. The van der Waals surface area contributed by atoms with Crippen LogP contribution in [0.2, 0.25) is 0 Å². The summed E-state index contributed by atoms with van der Waals surface area (Å²) >= 11 is 1.33. The zero-order valence-electron chi connectivity index (χ0n) is 12.5. The Balaban J connectivity index is 2.90. The Morgan fingerprint density at radius 3 is 2.58 bits per heavy atom. The number of methoxy groups -OCH3 is 1. The minimum Gasteiger partial charge on any atom is -0.496 e. The lowest BCUT2D eigenvalue weighted by Gasteiger charge is -2.23. The summed E-state index contributed by atoms with van der Waals surface area (Å²) < 4.78 is 5.45. The quantitative estimate of drug-likeness (QED) is 0.749. The fourth-order valence-electron chi connectivity index (χ4n) is 2.11. The third-order valence-electron chi connectivity index (χ3n) is 3.09. The van der Waals surface area contributed by atoms with Gasteiger partial charge in [0.25, 0.3) is 0 Å². The second-order valence-electron chi connectivity index (χ2n) is 6.00. The highest BCUT2D eigenvalue weighted by Crippen LogP contribution is 2.32. The summed E-state index contributed by atoms with van der Waals surface area (Å²) in [4.78, 5) is 0. The molecule has 1 aromatic carbocycles. The second kappa shape index (κ2) is 6.86. The molecule has 0 bridgehead atoms. The monoisotopic (exact) mass is 277 g/mol. The maximum Gasteiger partial charge on any atom is 0.133 e. The summed E-state index contributed by atoms with van der Waals surface area (Å²) in [5.41, 5.74) is 2.64. The molecule has 1 unspecified atom stereocenters. The van der Waals surface area contributed by atoms with Gasteiger partial charge in [-0.05, 0) is 46.7 Å². The SMILES string of the molecule is COc1ccc(CC(C)CSC#N)cc1C(C)(C)C. The Morgan fingerprint density at radius 2 is 2.05 bits per heavy atom. The normalized spacial score (nSPS) is 12.8. The van der Waals surface area contributed by atoms with Crippen molar-refractivity contribution in [3.63, 3.8) is 0 Å². The van der Waals surface area contributed by atoms with Crippen LogP contribution in [0.4, 0.5) is 0 Å². The molecule has 0 amide bonds. The Morgan fingerprint density at radius 1 is 1.37 bits per heavy atom. The fourth-order valence-corrected chi connectivity index (χ4v) is 2.59. The molecule has 0 fully saturated rings. The van der Waals surface area contributed by atoms with Crippen molar-refractivity contribution in [1.29, 1.82) is 5.26 Å². The highest BCUT2D eigenvalue weighted by molar-refractivity contribution is 8.03. The van der Waals surface area contributed by atoms with E-state index in [2.05, 4.69) is 51.3 Å². The molecule has 1 aromatic rings. The first kappa shape index (κ1) is 15.9. The number of thiocyanates is 1. The zero-order valence-corrected chi connectivity index (χ0v) is 13.3. The van der Waals surface area contributed by atoms with Gasteiger partial charge in [0.1, 0.15) is 11.2 Å². The topological polar surface area (TPSA) is 33.0 Å². The van der Waals surface area contributed by atoms with Crippen molar-refractivity contribution in [3.05, 3.63) is 29.3 Å². The number of thioether (sulfide) groups is 1. The smallest absolute Gasteiger partial charge is 0.133 e. The Labute approximate surface area is 121 Å². The van der Waals surface area contributed by atoms with E-state index in [9.17, 15) is 0 Å². The predicted molar refractivity (Wildman–Crippen MR) is 82.6 cm³/mol. The molecule has 0 heterocycles. The van der Waals surface area contributed by atoms with Crippen LogP contribution in [-0.2, 0) is 11.8 Å². The molecule has 1 atom stereocenters. The van der Waals surface area contributed by atoms with Crippen molar-refractivity contribution < 1.29 is 4.74 Å². The van der Waals surface area contributed by atoms with Crippen molar-refractivity contribution in [3.8, 4) is 11.2 Å². The Bertz CT molecular complexity index is 457. The third-order valence-corrected chi connectivity index (χ3v) is 3.95. The number of hydrogen-bond acceptors (Lipinski definition) is 3. The van der Waals surface area contributed by atoms with Crippen LogP contribution in [0.5, 0.6) is 5.75 Å². The summed E-state index contributed by atoms with van der Waals surface area (Å²) in [5.74, 6) is 2.34. The van der Waals surface area contributed by atoms with Crippen LogP contribution in [0.3, 0.4) is 0 Å². The first-order valence-electron chi connectivity index (χ1n) is 6.56. The van der Waals surface area contributed by atoms with Crippen molar-refractivity contribution >= 4 is 11.8 Å². The molecule has 1 rings (SSSR count). The average Bonchev–Trinajstić information content (AvgIpc) is 2.35. The number of ether oxygens (including phenoxy) is 1. The molecular weight excluding hydrogens is 254 g/mol. The van der Waals surface area contributed by atoms with Gasteiger partial charge in [-0.2, -0.15) is 5.26 Å². The average molecular weight is 277 g/mol. The van der Waals surface area contributed by atoms with E-state index in [1.807, 2.05) is 0 Å². The molecule has 0 spiro atoms. The second-order valence-corrected chi connectivity index (χ2v) is 6.80. The lowest BCUT2D eigenvalue weighted by atomic mass is 9.84. The summed E-state index contributed by atoms with van der Waals surface area (Å²) in [6, 6.07) is 6.42. The van der Waals surface area contributed by atoms with E-state index in [4.69, 9.17) is 10.00 Å². The fraction of sp³-hybridized carbons (Fsp3) is 0.562. The maximum atomic E-state index is 8.60. The van der Waals surface area contributed by atoms with E-state index >= 15 is 0 Å². The summed E-state index contributed by atoms with van der Waals surface area (Å²) in [6.45, 7) is 8.78. The van der Waals surface area contributed by atoms with Crippen LogP contribution in [-0.4, -0.2) is 12.9 Å². The summed E-state index contributed by atoms with van der Waals surface area (Å²) in [5, 5.41) is 10.7. The molecule has 104 valence electrons. The number of rotatable bonds is 5. The lowest BCUT2D eigenvalue weighted by molar-refractivity contribution is 0.397.